The molecule has 1 aliphatic carbocycles. The van der Waals surface area contributed by atoms with Gasteiger partial charge in [0.15, 0.2) is 0 Å². The number of thiophene rings is 1. The Labute approximate surface area is 104 Å². The van der Waals surface area contributed by atoms with Crippen molar-refractivity contribution in [3.05, 3.63) is 20.8 Å². The molecule has 0 atom stereocenters. The van der Waals surface area contributed by atoms with Gasteiger partial charge in [-0.15, -0.1) is 11.3 Å². The maximum atomic E-state index is 10.6. The van der Waals surface area contributed by atoms with Crippen LogP contribution in [0.15, 0.2) is 15.9 Å². The van der Waals surface area contributed by atoms with E-state index in [-0.39, 0.29) is 0 Å². The molecule has 0 spiro atoms. The summed E-state index contributed by atoms with van der Waals surface area (Å²) in [5.74, 6) is 0. The van der Waals surface area contributed by atoms with Gasteiger partial charge in [0.1, 0.15) is 0 Å². The molecule has 1 fully saturated rings. The monoisotopic (exact) mass is 288 g/mol. The number of aliphatic hydroxyl groups is 1. The zero-order chi connectivity index (χ0) is 11.1. The van der Waals surface area contributed by atoms with Crippen LogP contribution in [-0.2, 0) is 5.60 Å². The van der Waals surface area contributed by atoms with Crippen molar-refractivity contribution in [2.75, 3.05) is 0 Å². The van der Waals surface area contributed by atoms with Gasteiger partial charge in [0.25, 0.3) is 0 Å². The largest absolute Gasteiger partial charge is 0.384 e. The molecule has 0 amide bonds. The van der Waals surface area contributed by atoms with E-state index in [1.807, 2.05) is 11.4 Å². The summed E-state index contributed by atoms with van der Waals surface area (Å²) in [5, 5.41) is 12.7. The van der Waals surface area contributed by atoms with E-state index in [0.717, 1.165) is 35.0 Å². The first-order valence-electron chi connectivity index (χ1n) is 5.39. The van der Waals surface area contributed by atoms with E-state index in [1.165, 1.54) is 0 Å². The Bertz CT molecular complexity index is 346. The van der Waals surface area contributed by atoms with Crippen molar-refractivity contribution < 1.29 is 5.11 Å². The number of hydrogen-bond donors (Lipinski definition) is 1. The Kier molecular flexibility index (Phi) is 2.99. The van der Waals surface area contributed by atoms with Crippen molar-refractivity contribution in [2.45, 2.75) is 45.1 Å². The molecule has 0 bridgehead atoms. The van der Waals surface area contributed by atoms with Crippen LogP contribution in [-0.4, -0.2) is 5.11 Å². The third kappa shape index (κ3) is 2.29. The molecule has 2 rings (SSSR count). The fraction of sp³-hybridized carbons (Fsp3) is 0.667. The zero-order valence-electron chi connectivity index (χ0n) is 9.22. The Morgan fingerprint density at radius 3 is 2.33 bits per heavy atom. The van der Waals surface area contributed by atoms with Crippen LogP contribution in [0.1, 0.15) is 44.4 Å². The van der Waals surface area contributed by atoms with Gasteiger partial charge in [-0.3, -0.25) is 0 Å². The third-order valence-electron chi connectivity index (χ3n) is 3.47. The van der Waals surface area contributed by atoms with Crippen molar-refractivity contribution in [3.8, 4) is 0 Å². The van der Waals surface area contributed by atoms with Gasteiger partial charge in [-0.05, 0) is 58.5 Å². The first-order valence-corrected chi connectivity index (χ1v) is 7.06. The van der Waals surface area contributed by atoms with Gasteiger partial charge in [-0.1, -0.05) is 13.8 Å². The maximum absolute atomic E-state index is 10.6. The molecular formula is C12H17BrOS. The Hall–Kier alpha value is 0.140. The average molecular weight is 289 g/mol. The summed E-state index contributed by atoms with van der Waals surface area (Å²) in [6.45, 7) is 4.58. The molecule has 15 heavy (non-hydrogen) atoms. The Balaban J connectivity index is 2.20. The topological polar surface area (TPSA) is 20.2 Å². The first kappa shape index (κ1) is 11.6. The van der Waals surface area contributed by atoms with Crippen LogP contribution < -0.4 is 0 Å². The highest BCUT2D eigenvalue weighted by molar-refractivity contribution is 9.10. The Morgan fingerprint density at radius 1 is 1.27 bits per heavy atom. The molecule has 0 unspecified atom stereocenters. The van der Waals surface area contributed by atoms with Crippen LogP contribution in [0.25, 0.3) is 0 Å². The van der Waals surface area contributed by atoms with E-state index in [4.69, 9.17) is 0 Å². The van der Waals surface area contributed by atoms with Crippen LogP contribution >= 0.6 is 27.3 Å². The molecule has 1 heterocycles. The predicted octanol–water partition coefficient (Wildman–Crippen LogP) is 4.30. The van der Waals surface area contributed by atoms with Crippen molar-refractivity contribution in [3.63, 3.8) is 0 Å². The minimum atomic E-state index is -0.581. The summed E-state index contributed by atoms with van der Waals surface area (Å²) in [6, 6.07) is 2.03. The fourth-order valence-corrected chi connectivity index (χ4v) is 4.09. The van der Waals surface area contributed by atoms with Crippen LogP contribution in [0.3, 0.4) is 0 Å². The second-order valence-corrected chi connectivity index (χ2v) is 7.06. The molecule has 84 valence electrons. The quantitative estimate of drug-likeness (QED) is 0.817. The molecule has 0 radical (unpaired) electrons. The number of halogens is 1. The SMILES string of the molecule is CC1(C)CCC(O)(c2sccc2Br)CC1. The molecule has 1 aromatic rings. The highest BCUT2D eigenvalue weighted by atomic mass is 79.9. The van der Waals surface area contributed by atoms with Gasteiger partial charge in [0.05, 0.1) is 10.5 Å². The van der Waals surface area contributed by atoms with Gasteiger partial charge in [0, 0.05) is 4.47 Å². The maximum Gasteiger partial charge on any atom is 0.0999 e. The van der Waals surface area contributed by atoms with Crippen LogP contribution in [0.5, 0.6) is 0 Å². The number of rotatable bonds is 1. The molecule has 3 heteroatoms. The summed E-state index contributed by atoms with van der Waals surface area (Å²) in [7, 11) is 0. The van der Waals surface area contributed by atoms with Crippen LogP contribution in [0.2, 0.25) is 0 Å². The average Bonchev–Trinajstić information content (AvgIpc) is 2.58. The molecule has 1 N–H and O–H groups in total. The van der Waals surface area contributed by atoms with E-state index in [1.54, 1.807) is 11.3 Å². The Morgan fingerprint density at radius 2 is 1.87 bits per heavy atom. The molecular weight excluding hydrogens is 272 g/mol. The molecule has 0 aliphatic heterocycles. The smallest absolute Gasteiger partial charge is 0.0999 e. The number of hydrogen-bond acceptors (Lipinski definition) is 2. The van der Waals surface area contributed by atoms with Gasteiger partial charge in [-0.25, -0.2) is 0 Å². The summed E-state index contributed by atoms with van der Waals surface area (Å²) < 4.78 is 1.06. The third-order valence-corrected chi connectivity index (χ3v) is 5.50. The van der Waals surface area contributed by atoms with Crippen LogP contribution in [0.4, 0.5) is 0 Å². The van der Waals surface area contributed by atoms with E-state index in [0.29, 0.717) is 5.41 Å². The lowest BCUT2D eigenvalue weighted by atomic mass is 9.70. The summed E-state index contributed by atoms with van der Waals surface area (Å²) in [6.07, 6.45) is 3.99. The molecule has 1 aromatic heterocycles. The molecule has 1 saturated carbocycles. The van der Waals surface area contributed by atoms with Gasteiger partial charge >= 0.3 is 0 Å². The minimum absolute atomic E-state index is 0.399. The second kappa shape index (κ2) is 3.86. The van der Waals surface area contributed by atoms with Crippen molar-refractivity contribution in [1.82, 2.24) is 0 Å². The van der Waals surface area contributed by atoms with Crippen molar-refractivity contribution >= 4 is 27.3 Å². The highest BCUT2D eigenvalue weighted by Crippen LogP contribution is 2.48. The van der Waals surface area contributed by atoms with Gasteiger partial charge < -0.3 is 5.11 Å². The van der Waals surface area contributed by atoms with E-state index >= 15 is 0 Å². The zero-order valence-corrected chi connectivity index (χ0v) is 11.6. The van der Waals surface area contributed by atoms with E-state index in [9.17, 15) is 5.11 Å². The summed E-state index contributed by atoms with van der Waals surface area (Å²) >= 11 is 5.17. The predicted molar refractivity (Wildman–Crippen MR) is 68.2 cm³/mol. The lowest BCUT2D eigenvalue weighted by molar-refractivity contribution is -0.0281. The molecule has 1 aliphatic rings. The van der Waals surface area contributed by atoms with Gasteiger partial charge in [-0.2, -0.15) is 0 Å². The lowest BCUT2D eigenvalue weighted by Gasteiger charge is -2.40. The van der Waals surface area contributed by atoms with Crippen LogP contribution in [0, 0.1) is 5.41 Å². The van der Waals surface area contributed by atoms with Crippen molar-refractivity contribution in [2.24, 2.45) is 5.41 Å². The van der Waals surface area contributed by atoms with Gasteiger partial charge in [0.2, 0.25) is 0 Å². The minimum Gasteiger partial charge on any atom is -0.384 e. The normalized spacial score (nSPS) is 24.0. The fourth-order valence-electron chi connectivity index (χ4n) is 2.19. The summed E-state index contributed by atoms with van der Waals surface area (Å²) in [5.41, 5.74) is -0.182. The highest BCUT2D eigenvalue weighted by Gasteiger charge is 2.39. The lowest BCUT2D eigenvalue weighted by Crippen LogP contribution is -2.34. The molecule has 1 nitrogen and oxygen atoms in total. The first-order chi connectivity index (χ1) is 6.93. The standard InChI is InChI=1S/C12H17BrOS/c1-11(2)4-6-12(14,7-5-11)10-9(13)3-8-15-10/h3,8,14H,4-7H2,1-2H3. The molecule has 0 aromatic carbocycles. The second-order valence-electron chi connectivity index (χ2n) is 5.29. The van der Waals surface area contributed by atoms with E-state index in [2.05, 4.69) is 29.8 Å². The molecule has 0 saturated heterocycles. The van der Waals surface area contributed by atoms with Crippen molar-refractivity contribution in [1.29, 1.82) is 0 Å². The van der Waals surface area contributed by atoms with E-state index < -0.39 is 5.60 Å². The summed E-state index contributed by atoms with van der Waals surface area (Å²) in [4.78, 5) is 1.11.